The van der Waals surface area contributed by atoms with Crippen LogP contribution in [-0.4, -0.2) is 45.4 Å². The van der Waals surface area contributed by atoms with E-state index in [1.165, 1.54) is 11.0 Å². The van der Waals surface area contributed by atoms with Crippen LogP contribution < -0.4 is 24.6 Å². The molecule has 2 fully saturated rings. The number of piperazine rings is 1. The van der Waals surface area contributed by atoms with Gasteiger partial charge in [0.05, 0.1) is 38.4 Å². The first-order chi connectivity index (χ1) is 14.7. The molecule has 2 aliphatic heterocycles. The Labute approximate surface area is 175 Å². The fraction of sp³-hybridized carbons (Fsp3) is 0.435. The van der Waals surface area contributed by atoms with Gasteiger partial charge in [0.15, 0.2) is 11.5 Å². The molecule has 1 atom stereocenters. The fourth-order valence-electron chi connectivity index (χ4n) is 4.41. The maximum atomic E-state index is 14.2. The van der Waals surface area contributed by atoms with E-state index in [9.17, 15) is 9.18 Å². The molecule has 2 aromatic carbocycles. The van der Waals surface area contributed by atoms with Crippen molar-refractivity contribution in [1.29, 1.82) is 0 Å². The van der Waals surface area contributed by atoms with E-state index in [0.717, 1.165) is 56.1 Å². The third-order valence-electron chi connectivity index (χ3n) is 6.32. The number of halogens is 1. The van der Waals surface area contributed by atoms with Crippen molar-refractivity contribution in [3.63, 3.8) is 0 Å². The number of quaternary nitrogens is 1. The van der Waals surface area contributed by atoms with Crippen LogP contribution in [0.25, 0.3) is 0 Å². The minimum absolute atomic E-state index is 0.116. The molecule has 0 bridgehead atoms. The summed E-state index contributed by atoms with van der Waals surface area (Å²) in [5, 5.41) is 3.15. The van der Waals surface area contributed by atoms with Crippen LogP contribution in [0.5, 0.6) is 11.5 Å². The van der Waals surface area contributed by atoms with Crippen LogP contribution in [0, 0.1) is 11.7 Å². The van der Waals surface area contributed by atoms with Crippen molar-refractivity contribution in [2.45, 2.75) is 18.9 Å². The second-order valence-electron chi connectivity index (χ2n) is 8.28. The molecule has 158 valence electrons. The van der Waals surface area contributed by atoms with Crippen LogP contribution >= 0.6 is 0 Å². The molecular weight excluding hydrogens is 385 g/mol. The van der Waals surface area contributed by atoms with Gasteiger partial charge in [-0.15, -0.1) is 0 Å². The van der Waals surface area contributed by atoms with E-state index in [1.807, 2.05) is 24.3 Å². The Morgan fingerprint density at radius 3 is 2.67 bits per heavy atom. The van der Waals surface area contributed by atoms with Crippen LogP contribution in [0.1, 0.15) is 24.4 Å². The molecule has 2 aromatic rings. The predicted octanol–water partition coefficient (Wildman–Crippen LogP) is 1.53. The summed E-state index contributed by atoms with van der Waals surface area (Å²) >= 11 is 0. The van der Waals surface area contributed by atoms with Crippen LogP contribution in [0.15, 0.2) is 42.5 Å². The number of hydrogen-bond donors (Lipinski definition) is 2. The van der Waals surface area contributed by atoms with Gasteiger partial charge in [0.2, 0.25) is 12.7 Å². The third kappa shape index (κ3) is 3.94. The number of para-hydroxylation sites is 1. The largest absolute Gasteiger partial charge is 0.454 e. The van der Waals surface area contributed by atoms with E-state index >= 15 is 0 Å². The van der Waals surface area contributed by atoms with Gasteiger partial charge in [0.25, 0.3) is 0 Å². The van der Waals surface area contributed by atoms with Gasteiger partial charge in [-0.2, -0.15) is 0 Å². The zero-order valence-corrected chi connectivity index (χ0v) is 16.9. The Kier molecular flexibility index (Phi) is 5.21. The van der Waals surface area contributed by atoms with Gasteiger partial charge in [-0.1, -0.05) is 12.1 Å². The highest BCUT2D eigenvalue weighted by molar-refractivity contribution is 5.80. The van der Waals surface area contributed by atoms with Gasteiger partial charge in [-0.3, -0.25) is 4.79 Å². The molecule has 1 aliphatic carbocycles. The lowest BCUT2D eigenvalue weighted by Gasteiger charge is -2.38. The van der Waals surface area contributed by atoms with Gasteiger partial charge >= 0.3 is 0 Å². The number of carbonyl (C=O) groups is 1. The number of fused-ring (bicyclic) bond motifs is 1. The Balaban J connectivity index is 1.31. The monoisotopic (exact) mass is 412 g/mol. The molecule has 2 heterocycles. The molecular formula is C23H27FN3O3+. The number of nitrogens with zero attached hydrogens (tertiary/aromatic N) is 1. The van der Waals surface area contributed by atoms with E-state index < -0.39 is 0 Å². The van der Waals surface area contributed by atoms with E-state index in [-0.39, 0.29) is 30.5 Å². The molecule has 7 heteroatoms. The summed E-state index contributed by atoms with van der Waals surface area (Å²) in [5.74, 6) is 1.69. The van der Waals surface area contributed by atoms with E-state index in [2.05, 4.69) is 16.3 Å². The maximum Gasteiger partial charge on any atom is 0.231 e. The lowest BCUT2D eigenvalue weighted by Crippen LogP contribution is -3.15. The number of hydrogen-bond acceptors (Lipinski definition) is 4. The Morgan fingerprint density at radius 2 is 1.90 bits per heavy atom. The van der Waals surface area contributed by atoms with Crippen molar-refractivity contribution in [3.05, 3.63) is 53.8 Å². The van der Waals surface area contributed by atoms with Crippen molar-refractivity contribution >= 4 is 11.6 Å². The summed E-state index contributed by atoms with van der Waals surface area (Å²) in [6, 6.07) is 13.1. The number of benzene rings is 2. The van der Waals surface area contributed by atoms with Crippen LogP contribution in [-0.2, 0) is 4.79 Å². The summed E-state index contributed by atoms with van der Waals surface area (Å²) in [4.78, 5) is 15.8. The standard InChI is InChI=1S/C23H26FN3O3/c24-18-3-1-2-4-19(18)26-9-11-27(12-10-26)20(14-25-23(28)16-5-6-16)17-7-8-21-22(13-17)30-15-29-21/h1-4,7-8,13,16,20H,5-6,9-12,14-15H2,(H,25,28)/p+1/t20-/m1/s1. The first-order valence-corrected chi connectivity index (χ1v) is 10.7. The first-order valence-electron chi connectivity index (χ1n) is 10.7. The van der Waals surface area contributed by atoms with Gasteiger partial charge in [0, 0.05) is 11.5 Å². The average molecular weight is 412 g/mol. The minimum Gasteiger partial charge on any atom is -0.454 e. The Bertz CT molecular complexity index is 926. The average Bonchev–Trinajstić information content (AvgIpc) is 3.52. The molecule has 2 N–H and O–H groups in total. The molecule has 1 saturated heterocycles. The maximum absolute atomic E-state index is 14.2. The summed E-state index contributed by atoms with van der Waals surface area (Å²) < 4.78 is 25.2. The topological polar surface area (TPSA) is 55.2 Å². The number of rotatable bonds is 6. The molecule has 1 saturated carbocycles. The molecule has 30 heavy (non-hydrogen) atoms. The van der Waals surface area contributed by atoms with Crippen molar-refractivity contribution in [3.8, 4) is 11.5 Å². The van der Waals surface area contributed by atoms with Gasteiger partial charge < -0.3 is 24.6 Å². The highest BCUT2D eigenvalue weighted by Crippen LogP contribution is 2.34. The number of amides is 1. The zero-order valence-electron chi connectivity index (χ0n) is 16.9. The van der Waals surface area contributed by atoms with Gasteiger partial charge in [-0.05, 0) is 43.2 Å². The van der Waals surface area contributed by atoms with Crippen molar-refractivity contribution in [2.75, 3.05) is 44.4 Å². The fourth-order valence-corrected chi connectivity index (χ4v) is 4.41. The highest BCUT2D eigenvalue weighted by atomic mass is 19.1. The van der Waals surface area contributed by atoms with E-state index in [0.29, 0.717) is 12.2 Å². The van der Waals surface area contributed by atoms with Gasteiger partial charge in [-0.25, -0.2) is 4.39 Å². The summed E-state index contributed by atoms with van der Waals surface area (Å²) in [5.41, 5.74) is 1.79. The smallest absolute Gasteiger partial charge is 0.231 e. The Morgan fingerprint density at radius 1 is 1.13 bits per heavy atom. The second-order valence-corrected chi connectivity index (χ2v) is 8.28. The highest BCUT2D eigenvalue weighted by Gasteiger charge is 2.34. The third-order valence-corrected chi connectivity index (χ3v) is 6.32. The second kappa shape index (κ2) is 8.14. The lowest BCUT2D eigenvalue weighted by molar-refractivity contribution is -0.931. The molecule has 0 spiro atoms. The zero-order chi connectivity index (χ0) is 20.5. The molecule has 5 rings (SSSR count). The van der Waals surface area contributed by atoms with E-state index in [4.69, 9.17) is 9.47 Å². The summed E-state index contributed by atoms with van der Waals surface area (Å²) in [7, 11) is 0. The normalized spacial score (nSPS) is 19.6. The van der Waals surface area contributed by atoms with Crippen LogP contribution in [0.2, 0.25) is 0 Å². The van der Waals surface area contributed by atoms with Crippen LogP contribution in [0.4, 0.5) is 10.1 Å². The van der Waals surface area contributed by atoms with Crippen molar-refractivity contribution in [1.82, 2.24) is 5.32 Å². The van der Waals surface area contributed by atoms with Gasteiger partial charge in [0.1, 0.15) is 11.9 Å². The Hall–Kier alpha value is -2.80. The van der Waals surface area contributed by atoms with E-state index in [1.54, 1.807) is 6.07 Å². The quantitative estimate of drug-likeness (QED) is 0.756. The number of ether oxygens (including phenoxy) is 2. The lowest BCUT2D eigenvalue weighted by atomic mass is 10.0. The van der Waals surface area contributed by atoms with Crippen LogP contribution in [0.3, 0.4) is 0 Å². The molecule has 0 aromatic heterocycles. The molecule has 0 unspecified atom stereocenters. The van der Waals surface area contributed by atoms with Crippen molar-refractivity contribution < 1.29 is 23.6 Å². The molecule has 0 radical (unpaired) electrons. The molecule has 1 amide bonds. The first kappa shape index (κ1) is 19.2. The SMILES string of the molecule is O=C(NC[C@H](c1ccc2c(c1)OCO2)[NH+]1CCN(c2ccccc2F)CC1)C1CC1. The summed E-state index contributed by atoms with van der Waals surface area (Å²) in [6.07, 6.45) is 1.99. The molecule has 3 aliphatic rings. The summed E-state index contributed by atoms with van der Waals surface area (Å²) in [6.45, 7) is 4.11. The molecule has 6 nitrogen and oxygen atoms in total. The number of carbonyl (C=O) groups excluding carboxylic acids is 1. The van der Waals surface area contributed by atoms with Crippen molar-refractivity contribution in [2.24, 2.45) is 5.92 Å². The number of anilines is 1. The predicted molar refractivity (Wildman–Crippen MR) is 110 cm³/mol. The number of nitrogens with one attached hydrogen (secondary N) is 2. The minimum atomic E-state index is -0.176.